The molecule has 1 aliphatic rings. The van der Waals surface area contributed by atoms with Crippen LogP contribution >= 0.6 is 0 Å². The topological polar surface area (TPSA) is 17.1 Å². The van der Waals surface area contributed by atoms with Crippen molar-refractivity contribution < 1.29 is 18.0 Å². The van der Waals surface area contributed by atoms with E-state index in [-0.39, 0.29) is 24.5 Å². The van der Waals surface area contributed by atoms with Gasteiger partial charge in [-0.2, -0.15) is 13.2 Å². The van der Waals surface area contributed by atoms with E-state index in [9.17, 15) is 18.0 Å². The molecule has 4 heteroatoms. The summed E-state index contributed by atoms with van der Waals surface area (Å²) in [4.78, 5) is 11.4. The largest absolute Gasteiger partial charge is 0.389 e. The van der Waals surface area contributed by atoms with Gasteiger partial charge in [-0.05, 0) is 23.5 Å². The van der Waals surface area contributed by atoms with E-state index in [4.69, 9.17) is 0 Å². The predicted molar refractivity (Wildman–Crippen MR) is 57.8 cm³/mol. The molecule has 0 fully saturated rings. The number of alkyl halides is 3. The highest BCUT2D eigenvalue weighted by Gasteiger charge is 2.31. The Labute approximate surface area is 97.6 Å². The van der Waals surface area contributed by atoms with Gasteiger partial charge in [0, 0.05) is 12.8 Å². The third kappa shape index (κ3) is 3.08. The van der Waals surface area contributed by atoms with Crippen molar-refractivity contribution in [2.75, 3.05) is 0 Å². The molecule has 0 aliphatic heterocycles. The number of Topliss-reactive ketones (excluding diaryl/α,β-unsaturated/α-hetero) is 1. The van der Waals surface area contributed by atoms with Crippen molar-refractivity contribution in [1.29, 1.82) is 0 Å². The smallest absolute Gasteiger partial charge is 0.300 e. The molecule has 92 valence electrons. The number of carbonyl (C=O) groups excluding carboxylic acids is 1. The molecule has 0 aromatic heterocycles. The highest BCUT2D eigenvalue weighted by molar-refractivity contribution is 5.79. The summed E-state index contributed by atoms with van der Waals surface area (Å²) < 4.78 is 35.8. The van der Waals surface area contributed by atoms with Crippen LogP contribution in [0.2, 0.25) is 0 Å². The van der Waals surface area contributed by atoms with Crippen molar-refractivity contribution >= 4 is 5.78 Å². The third-order valence-corrected chi connectivity index (χ3v) is 3.12. The molecular formula is C13H13F3O. The maximum Gasteiger partial charge on any atom is 0.389 e. The van der Waals surface area contributed by atoms with Crippen molar-refractivity contribution in [3.8, 4) is 0 Å². The molecule has 1 nitrogen and oxygen atoms in total. The first kappa shape index (κ1) is 12.1. The first-order valence-corrected chi connectivity index (χ1v) is 5.62. The molecule has 1 atom stereocenters. The van der Waals surface area contributed by atoms with Gasteiger partial charge in [-0.25, -0.2) is 0 Å². The molecule has 0 spiro atoms. The van der Waals surface area contributed by atoms with Gasteiger partial charge in [-0.15, -0.1) is 0 Å². The summed E-state index contributed by atoms with van der Waals surface area (Å²) in [7, 11) is 0. The number of halogens is 3. The molecule has 0 amide bonds. The Morgan fingerprint density at radius 1 is 1.29 bits per heavy atom. The molecule has 17 heavy (non-hydrogen) atoms. The molecular weight excluding hydrogens is 229 g/mol. The predicted octanol–water partition coefficient (Wildman–Crippen LogP) is 3.63. The van der Waals surface area contributed by atoms with E-state index in [0.29, 0.717) is 0 Å². The molecule has 0 saturated carbocycles. The molecule has 2 rings (SSSR count). The lowest BCUT2D eigenvalue weighted by Crippen LogP contribution is -2.21. The van der Waals surface area contributed by atoms with Gasteiger partial charge in [-0.1, -0.05) is 24.3 Å². The number of benzene rings is 1. The number of hydrogen-bond donors (Lipinski definition) is 0. The first-order chi connectivity index (χ1) is 7.96. The normalized spacial score (nSPS) is 18.4. The van der Waals surface area contributed by atoms with Crippen molar-refractivity contribution in [2.45, 2.75) is 37.8 Å². The molecule has 0 bridgehead atoms. The van der Waals surface area contributed by atoms with Gasteiger partial charge in [0.05, 0.1) is 6.42 Å². The number of rotatable bonds is 4. The molecule has 0 radical (unpaired) electrons. The minimum absolute atomic E-state index is 0.131. The Kier molecular flexibility index (Phi) is 3.22. The average Bonchev–Trinajstić information content (AvgIpc) is 2.22. The minimum Gasteiger partial charge on any atom is -0.300 e. The van der Waals surface area contributed by atoms with Gasteiger partial charge < -0.3 is 0 Å². The lowest BCUT2D eigenvalue weighted by atomic mass is 9.75. The standard InChI is InChI=1S/C13H13F3O/c14-13(15,16)6-5-11(17)8-10-7-9-3-1-2-4-12(9)10/h1-4,10H,5-8H2. The lowest BCUT2D eigenvalue weighted by molar-refractivity contribution is -0.143. The Morgan fingerprint density at radius 2 is 2.00 bits per heavy atom. The molecule has 0 heterocycles. The Bertz CT molecular complexity index is 423. The fourth-order valence-corrected chi connectivity index (χ4v) is 2.20. The van der Waals surface area contributed by atoms with Gasteiger partial charge in [0.25, 0.3) is 0 Å². The third-order valence-electron chi connectivity index (χ3n) is 3.12. The SMILES string of the molecule is O=C(CCC(F)(F)F)CC1Cc2ccccc21. The average molecular weight is 242 g/mol. The number of fused-ring (bicyclic) bond motifs is 1. The summed E-state index contributed by atoms with van der Waals surface area (Å²) in [6.45, 7) is 0. The zero-order chi connectivity index (χ0) is 12.5. The van der Waals surface area contributed by atoms with Crippen LogP contribution in [-0.4, -0.2) is 12.0 Å². The van der Waals surface area contributed by atoms with Gasteiger partial charge in [0.15, 0.2) is 0 Å². The second kappa shape index (κ2) is 4.51. The molecule has 1 aromatic carbocycles. The van der Waals surface area contributed by atoms with Crippen molar-refractivity contribution in [3.63, 3.8) is 0 Å². The van der Waals surface area contributed by atoms with Crippen LogP contribution in [0.3, 0.4) is 0 Å². The summed E-state index contributed by atoms with van der Waals surface area (Å²) in [6.07, 6.45) is -4.56. The lowest BCUT2D eigenvalue weighted by Gasteiger charge is -2.29. The van der Waals surface area contributed by atoms with E-state index in [2.05, 4.69) is 0 Å². The molecule has 1 unspecified atom stereocenters. The summed E-state index contributed by atoms with van der Waals surface area (Å²) in [6, 6.07) is 7.76. The summed E-state index contributed by atoms with van der Waals surface area (Å²) in [5.41, 5.74) is 2.33. The Hall–Kier alpha value is -1.32. The van der Waals surface area contributed by atoms with Gasteiger partial charge >= 0.3 is 6.18 Å². The fraction of sp³-hybridized carbons (Fsp3) is 0.462. The van der Waals surface area contributed by atoms with Crippen LogP contribution in [0.1, 0.15) is 36.3 Å². The van der Waals surface area contributed by atoms with Crippen molar-refractivity contribution in [3.05, 3.63) is 35.4 Å². The Morgan fingerprint density at radius 3 is 2.65 bits per heavy atom. The van der Waals surface area contributed by atoms with Crippen LogP contribution < -0.4 is 0 Å². The molecule has 1 aliphatic carbocycles. The van der Waals surface area contributed by atoms with Crippen molar-refractivity contribution in [1.82, 2.24) is 0 Å². The van der Waals surface area contributed by atoms with E-state index >= 15 is 0 Å². The van der Waals surface area contributed by atoms with Crippen LogP contribution in [0, 0.1) is 0 Å². The zero-order valence-corrected chi connectivity index (χ0v) is 9.26. The second-order valence-corrected chi connectivity index (χ2v) is 4.46. The van der Waals surface area contributed by atoms with E-state index in [1.54, 1.807) is 0 Å². The minimum atomic E-state index is -4.23. The number of hydrogen-bond acceptors (Lipinski definition) is 1. The van der Waals surface area contributed by atoms with Crippen LogP contribution in [0.4, 0.5) is 13.2 Å². The zero-order valence-electron chi connectivity index (χ0n) is 9.26. The summed E-state index contributed by atoms with van der Waals surface area (Å²) in [5.74, 6) is -0.159. The van der Waals surface area contributed by atoms with E-state index in [0.717, 1.165) is 12.0 Å². The van der Waals surface area contributed by atoms with Crippen molar-refractivity contribution in [2.24, 2.45) is 0 Å². The van der Waals surface area contributed by atoms with Gasteiger partial charge in [0.2, 0.25) is 0 Å². The van der Waals surface area contributed by atoms with Crippen LogP contribution in [0.15, 0.2) is 24.3 Å². The van der Waals surface area contributed by atoms with Crippen LogP contribution in [0.5, 0.6) is 0 Å². The van der Waals surface area contributed by atoms with Crippen LogP contribution in [0.25, 0.3) is 0 Å². The monoisotopic (exact) mass is 242 g/mol. The Balaban J connectivity index is 1.82. The number of carbonyl (C=O) groups is 1. The molecule has 1 aromatic rings. The van der Waals surface area contributed by atoms with E-state index < -0.39 is 12.6 Å². The highest BCUT2D eigenvalue weighted by Crippen LogP contribution is 2.37. The van der Waals surface area contributed by atoms with Gasteiger partial charge in [0.1, 0.15) is 5.78 Å². The maximum atomic E-state index is 11.9. The molecule has 0 saturated heterocycles. The maximum absolute atomic E-state index is 11.9. The van der Waals surface area contributed by atoms with Gasteiger partial charge in [-0.3, -0.25) is 4.79 Å². The summed E-state index contributed by atoms with van der Waals surface area (Å²) >= 11 is 0. The fourth-order valence-electron chi connectivity index (χ4n) is 2.20. The first-order valence-electron chi connectivity index (χ1n) is 5.62. The quantitative estimate of drug-likeness (QED) is 0.788. The number of ketones is 1. The molecule has 0 N–H and O–H groups in total. The van der Waals surface area contributed by atoms with E-state index in [1.165, 1.54) is 5.56 Å². The van der Waals surface area contributed by atoms with Crippen LogP contribution in [-0.2, 0) is 11.2 Å². The van der Waals surface area contributed by atoms with E-state index in [1.807, 2.05) is 24.3 Å². The second-order valence-electron chi connectivity index (χ2n) is 4.46. The summed E-state index contributed by atoms with van der Waals surface area (Å²) in [5, 5.41) is 0. The highest BCUT2D eigenvalue weighted by atomic mass is 19.4.